The Hall–Kier alpha value is -2.90. The van der Waals surface area contributed by atoms with E-state index in [2.05, 4.69) is 39.9 Å². The maximum atomic E-state index is 12.4. The van der Waals surface area contributed by atoms with E-state index in [-0.39, 0.29) is 18.0 Å². The minimum Gasteiger partial charge on any atom is -0.354 e. The van der Waals surface area contributed by atoms with Crippen LogP contribution in [-0.4, -0.2) is 63.8 Å². The second kappa shape index (κ2) is 11.3. The lowest BCUT2D eigenvalue weighted by Crippen LogP contribution is -2.49. The highest BCUT2D eigenvalue weighted by Gasteiger charge is 2.17. The van der Waals surface area contributed by atoms with Crippen LogP contribution in [0.1, 0.15) is 39.1 Å². The van der Waals surface area contributed by atoms with E-state index >= 15 is 0 Å². The SMILES string of the molecule is CCc1nncn1CCNC(=NCCc1ccccc1)N(C)CC(=O)NC(C)(C)C. The van der Waals surface area contributed by atoms with Gasteiger partial charge in [-0.3, -0.25) is 9.79 Å². The number of nitrogens with zero attached hydrogens (tertiary/aromatic N) is 5. The summed E-state index contributed by atoms with van der Waals surface area (Å²) in [7, 11) is 1.88. The Bertz CT molecular complexity index is 808. The van der Waals surface area contributed by atoms with Crippen LogP contribution in [-0.2, 0) is 24.2 Å². The van der Waals surface area contributed by atoms with Gasteiger partial charge < -0.3 is 20.1 Å². The van der Waals surface area contributed by atoms with Crippen molar-refractivity contribution in [3.63, 3.8) is 0 Å². The van der Waals surface area contributed by atoms with Crippen LogP contribution in [0.3, 0.4) is 0 Å². The monoisotopic (exact) mass is 413 g/mol. The van der Waals surface area contributed by atoms with Gasteiger partial charge in [-0.05, 0) is 32.8 Å². The zero-order valence-electron chi connectivity index (χ0n) is 18.9. The Morgan fingerprint density at radius 2 is 1.97 bits per heavy atom. The van der Waals surface area contributed by atoms with E-state index in [0.717, 1.165) is 25.2 Å². The van der Waals surface area contributed by atoms with Crippen molar-refractivity contribution in [1.29, 1.82) is 0 Å². The van der Waals surface area contributed by atoms with Gasteiger partial charge in [0.1, 0.15) is 12.2 Å². The van der Waals surface area contributed by atoms with Crippen molar-refractivity contribution in [3.05, 3.63) is 48.0 Å². The molecule has 1 heterocycles. The van der Waals surface area contributed by atoms with Gasteiger partial charge in [-0.1, -0.05) is 37.3 Å². The Labute approximate surface area is 179 Å². The van der Waals surface area contributed by atoms with Crippen LogP contribution in [0.2, 0.25) is 0 Å². The summed E-state index contributed by atoms with van der Waals surface area (Å²) in [5.41, 5.74) is 0.979. The van der Waals surface area contributed by atoms with E-state index in [1.165, 1.54) is 5.56 Å². The van der Waals surface area contributed by atoms with E-state index in [9.17, 15) is 4.79 Å². The molecule has 0 aliphatic carbocycles. The molecule has 0 radical (unpaired) electrons. The minimum atomic E-state index is -0.263. The molecule has 0 aliphatic rings. The van der Waals surface area contributed by atoms with Gasteiger partial charge in [0.15, 0.2) is 5.96 Å². The van der Waals surface area contributed by atoms with Crippen molar-refractivity contribution < 1.29 is 4.79 Å². The molecular formula is C22H35N7O. The topological polar surface area (TPSA) is 87.4 Å². The first-order chi connectivity index (χ1) is 14.3. The molecule has 2 rings (SSSR count). The quantitative estimate of drug-likeness (QED) is 0.484. The summed E-state index contributed by atoms with van der Waals surface area (Å²) in [5.74, 6) is 1.63. The first-order valence-corrected chi connectivity index (χ1v) is 10.5. The van der Waals surface area contributed by atoms with Crippen LogP contribution in [0.25, 0.3) is 0 Å². The van der Waals surface area contributed by atoms with Gasteiger partial charge in [-0.25, -0.2) is 0 Å². The van der Waals surface area contributed by atoms with E-state index in [4.69, 9.17) is 4.99 Å². The number of aliphatic imine (C=N–C) groups is 1. The van der Waals surface area contributed by atoms with E-state index < -0.39 is 0 Å². The second-order valence-corrected chi connectivity index (χ2v) is 8.32. The predicted octanol–water partition coefficient (Wildman–Crippen LogP) is 1.88. The number of carbonyl (C=O) groups excluding carboxylic acids is 1. The van der Waals surface area contributed by atoms with Crippen LogP contribution in [0.15, 0.2) is 41.7 Å². The highest BCUT2D eigenvalue weighted by molar-refractivity contribution is 5.86. The fourth-order valence-electron chi connectivity index (χ4n) is 3.02. The second-order valence-electron chi connectivity index (χ2n) is 8.32. The van der Waals surface area contributed by atoms with Crippen molar-refractivity contribution in [2.45, 2.75) is 52.6 Å². The molecule has 0 bridgehead atoms. The van der Waals surface area contributed by atoms with Crippen LogP contribution in [0.5, 0.6) is 0 Å². The van der Waals surface area contributed by atoms with E-state index in [1.54, 1.807) is 6.33 Å². The number of guanidine groups is 1. The van der Waals surface area contributed by atoms with Crippen molar-refractivity contribution >= 4 is 11.9 Å². The van der Waals surface area contributed by atoms with Crippen molar-refractivity contribution in [1.82, 2.24) is 30.3 Å². The molecule has 2 N–H and O–H groups in total. The van der Waals surface area contributed by atoms with E-state index in [1.807, 2.05) is 55.5 Å². The summed E-state index contributed by atoms with van der Waals surface area (Å²) in [4.78, 5) is 19.0. The molecule has 164 valence electrons. The molecule has 1 aromatic heterocycles. The number of aryl methyl sites for hydroxylation is 1. The lowest BCUT2D eigenvalue weighted by molar-refractivity contribution is -0.122. The summed E-state index contributed by atoms with van der Waals surface area (Å²) < 4.78 is 2.03. The van der Waals surface area contributed by atoms with Crippen LogP contribution in [0.4, 0.5) is 0 Å². The predicted molar refractivity (Wildman–Crippen MR) is 120 cm³/mol. The number of hydrogen-bond donors (Lipinski definition) is 2. The third-order valence-electron chi connectivity index (χ3n) is 4.41. The molecule has 30 heavy (non-hydrogen) atoms. The Kier molecular flexibility index (Phi) is 8.83. The fraction of sp³-hybridized carbons (Fsp3) is 0.545. The van der Waals surface area contributed by atoms with Crippen LogP contribution < -0.4 is 10.6 Å². The molecule has 0 aliphatic heterocycles. The molecule has 0 saturated carbocycles. The number of hydrogen-bond acceptors (Lipinski definition) is 4. The first-order valence-electron chi connectivity index (χ1n) is 10.5. The van der Waals surface area contributed by atoms with Crippen molar-refractivity contribution in [2.75, 3.05) is 26.7 Å². The average molecular weight is 414 g/mol. The standard InChI is InChI=1S/C22H35N7O/c1-6-19-27-25-17-29(19)15-14-24-21(23-13-12-18-10-8-7-9-11-18)28(5)16-20(30)26-22(2,3)4/h7-11,17H,6,12-16H2,1-5H3,(H,23,24)(H,26,30). The Morgan fingerprint density at radius 3 is 2.63 bits per heavy atom. The zero-order valence-corrected chi connectivity index (χ0v) is 18.9. The van der Waals surface area contributed by atoms with Crippen LogP contribution in [0, 0.1) is 0 Å². The van der Waals surface area contributed by atoms with Gasteiger partial charge in [-0.15, -0.1) is 10.2 Å². The summed E-state index contributed by atoms with van der Waals surface area (Å²) in [6.45, 7) is 10.3. The molecule has 0 saturated heterocycles. The number of likely N-dealkylation sites (N-methyl/N-ethyl adjacent to an activating group) is 1. The van der Waals surface area contributed by atoms with Crippen molar-refractivity contribution in [3.8, 4) is 0 Å². The van der Waals surface area contributed by atoms with Gasteiger partial charge in [0.25, 0.3) is 0 Å². The van der Waals surface area contributed by atoms with Gasteiger partial charge in [-0.2, -0.15) is 0 Å². The molecule has 1 amide bonds. The molecule has 1 aromatic carbocycles. The van der Waals surface area contributed by atoms with E-state index in [0.29, 0.717) is 19.0 Å². The number of benzene rings is 1. The molecule has 0 atom stereocenters. The highest BCUT2D eigenvalue weighted by Crippen LogP contribution is 2.01. The fourth-order valence-corrected chi connectivity index (χ4v) is 3.02. The molecule has 0 unspecified atom stereocenters. The minimum absolute atomic E-state index is 0.0327. The molecule has 0 spiro atoms. The number of amides is 1. The normalized spacial score (nSPS) is 12.0. The van der Waals surface area contributed by atoms with Gasteiger partial charge in [0, 0.05) is 38.6 Å². The van der Waals surface area contributed by atoms with Crippen LogP contribution >= 0.6 is 0 Å². The van der Waals surface area contributed by atoms with Crippen molar-refractivity contribution in [2.24, 2.45) is 4.99 Å². The smallest absolute Gasteiger partial charge is 0.240 e. The van der Waals surface area contributed by atoms with Gasteiger partial charge in [0.2, 0.25) is 5.91 Å². The maximum Gasteiger partial charge on any atom is 0.240 e. The lowest BCUT2D eigenvalue weighted by Gasteiger charge is -2.25. The molecule has 8 nitrogen and oxygen atoms in total. The summed E-state index contributed by atoms with van der Waals surface area (Å²) >= 11 is 0. The van der Waals surface area contributed by atoms with Gasteiger partial charge in [0.05, 0.1) is 6.54 Å². The maximum absolute atomic E-state index is 12.4. The number of rotatable bonds is 9. The third kappa shape index (κ3) is 8.23. The lowest BCUT2D eigenvalue weighted by atomic mass is 10.1. The Balaban J connectivity index is 1.98. The summed E-state index contributed by atoms with van der Waals surface area (Å²) in [5, 5.41) is 14.5. The van der Waals surface area contributed by atoms with Gasteiger partial charge >= 0.3 is 0 Å². The number of nitrogens with one attached hydrogen (secondary N) is 2. The molecular weight excluding hydrogens is 378 g/mol. The largest absolute Gasteiger partial charge is 0.354 e. The molecule has 2 aromatic rings. The molecule has 8 heteroatoms. The zero-order chi connectivity index (χ0) is 22.0. The number of carbonyl (C=O) groups is 1. The average Bonchev–Trinajstić information content (AvgIpc) is 3.13. The summed E-state index contributed by atoms with van der Waals surface area (Å²) in [6, 6.07) is 10.3. The highest BCUT2D eigenvalue weighted by atomic mass is 16.2. The first kappa shape index (κ1) is 23.4. The molecule has 0 fully saturated rings. The Morgan fingerprint density at radius 1 is 1.23 bits per heavy atom. The third-order valence-corrected chi connectivity index (χ3v) is 4.41. The summed E-state index contributed by atoms with van der Waals surface area (Å²) in [6.07, 6.45) is 3.43. The number of aromatic nitrogens is 3.